The lowest BCUT2D eigenvalue weighted by Gasteiger charge is -2.47. The fraction of sp³-hybridized carbons (Fsp3) is 0.600. The first-order chi connectivity index (χ1) is 20.3. The van der Waals surface area contributed by atoms with E-state index in [2.05, 4.69) is 30.9 Å². The van der Waals surface area contributed by atoms with Crippen LogP contribution in [-0.4, -0.2) is 46.8 Å². The summed E-state index contributed by atoms with van der Waals surface area (Å²) in [6.45, 7) is 6.57. The number of nitrogens with zero attached hydrogens (tertiary/aromatic N) is 1. The van der Waals surface area contributed by atoms with E-state index < -0.39 is 6.04 Å². The topological polar surface area (TPSA) is 75.4 Å². The number of carbonyl (C=O) groups is 2. The molecule has 230 valence electrons. The van der Waals surface area contributed by atoms with E-state index in [9.17, 15) is 9.59 Å². The minimum Gasteiger partial charge on any atom is -0.344 e. The van der Waals surface area contributed by atoms with E-state index in [0.717, 1.165) is 48.5 Å². The van der Waals surface area contributed by atoms with Gasteiger partial charge in [-0.05, 0) is 83.3 Å². The Hall–Kier alpha value is -2.02. The minimum absolute atomic E-state index is 0.0339. The third kappa shape index (κ3) is 9.24. The Kier molecular flexibility index (Phi) is 12.7. The summed E-state index contributed by atoms with van der Waals surface area (Å²) in [6, 6.07) is 15.0. The molecule has 4 rings (SSSR count). The highest BCUT2D eigenvalue weighted by atomic mass is 35.5. The average Bonchev–Trinajstić information content (AvgIpc) is 3.30. The SMILES string of the molecule is CC(C)SCC1(C2CCCCCC2)CCN(C(=O)[C@@H](Cc2ccc(Cl)cc2)NC(=O)CCc2ccccc2CN)CC1. The number of rotatable bonds is 12. The van der Waals surface area contributed by atoms with Gasteiger partial charge in [0.05, 0.1) is 0 Å². The number of amides is 2. The molecule has 0 radical (unpaired) electrons. The van der Waals surface area contributed by atoms with Crippen molar-refractivity contribution in [2.24, 2.45) is 17.1 Å². The molecular formula is C35H50ClN3O2S. The summed E-state index contributed by atoms with van der Waals surface area (Å²) in [5, 5.41) is 4.39. The number of hydrogen-bond donors (Lipinski definition) is 2. The first-order valence-corrected chi connectivity index (χ1v) is 17.4. The van der Waals surface area contributed by atoms with Crippen molar-refractivity contribution in [2.45, 2.75) is 102 Å². The Morgan fingerprint density at radius 2 is 1.64 bits per heavy atom. The van der Waals surface area contributed by atoms with Crippen molar-refractivity contribution in [3.63, 3.8) is 0 Å². The van der Waals surface area contributed by atoms with Gasteiger partial charge < -0.3 is 16.0 Å². The van der Waals surface area contributed by atoms with E-state index >= 15 is 0 Å². The van der Waals surface area contributed by atoms with Crippen LogP contribution in [0.5, 0.6) is 0 Å². The van der Waals surface area contributed by atoms with Crippen LogP contribution < -0.4 is 11.1 Å². The fourth-order valence-electron chi connectivity index (χ4n) is 6.86. The van der Waals surface area contributed by atoms with Crippen LogP contribution in [0.1, 0.15) is 88.3 Å². The number of piperidine rings is 1. The van der Waals surface area contributed by atoms with Crippen LogP contribution in [0.15, 0.2) is 48.5 Å². The first kappa shape index (κ1) is 32.9. The van der Waals surface area contributed by atoms with Gasteiger partial charge in [-0.15, -0.1) is 0 Å². The van der Waals surface area contributed by atoms with Gasteiger partial charge in [-0.2, -0.15) is 11.8 Å². The quantitative estimate of drug-likeness (QED) is 0.249. The Balaban J connectivity index is 1.45. The molecule has 42 heavy (non-hydrogen) atoms. The number of halogens is 1. The number of nitrogens with one attached hydrogen (secondary N) is 1. The van der Waals surface area contributed by atoms with Crippen molar-refractivity contribution in [3.8, 4) is 0 Å². The van der Waals surface area contributed by atoms with Crippen molar-refractivity contribution >= 4 is 35.2 Å². The zero-order valence-corrected chi connectivity index (χ0v) is 27.2. The van der Waals surface area contributed by atoms with Gasteiger partial charge >= 0.3 is 0 Å². The lowest BCUT2D eigenvalue weighted by molar-refractivity contribution is -0.138. The van der Waals surface area contributed by atoms with Crippen molar-refractivity contribution in [1.82, 2.24) is 10.2 Å². The molecule has 2 fully saturated rings. The molecule has 1 heterocycles. The Bertz CT molecular complexity index is 1140. The maximum atomic E-state index is 14.1. The third-order valence-electron chi connectivity index (χ3n) is 9.44. The van der Waals surface area contributed by atoms with Crippen LogP contribution in [0.4, 0.5) is 0 Å². The lowest BCUT2D eigenvalue weighted by Crippen LogP contribution is -2.54. The summed E-state index contributed by atoms with van der Waals surface area (Å²) < 4.78 is 0. The number of nitrogens with two attached hydrogens (primary N) is 1. The van der Waals surface area contributed by atoms with Crippen LogP contribution in [0, 0.1) is 11.3 Å². The molecule has 1 saturated carbocycles. The van der Waals surface area contributed by atoms with Crippen molar-refractivity contribution < 1.29 is 9.59 Å². The van der Waals surface area contributed by atoms with Gasteiger partial charge in [0.15, 0.2) is 0 Å². The molecule has 5 nitrogen and oxygen atoms in total. The monoisotopic (exact) mass is 611 g/mol. The van der Waals surface area contributed by atoms with E-state index in [1.165, 1.54) is 44.3 Å². The number of benzene rings is 2. The van der Waals surface area contributed by atoms with Gasteiger partial charge in [-0.25, -0.2) is 0 Å². The molecule has 0 bridgehead atoms. The molecule has 2 aromatic rings. The lowest BCUT2D eigenvalue weighted by atomic mass is 9.67. The van der Waals surface area contributed by atoms with Crippen LogP contribution in [0.3, 0.4) is 0 Å². The minimum atomic E-state index is -0.598. The van der Waals surface area contributed by atoms with E-state index in [-0.39, 0.29) is 11.8 Å². The molecule has 2 aliphatic rings. The molecule has 3 N–H and O–H groups in total. The summed E-state index contributed by atoms with van der Waals surface area (Å²) in [7, 11) is 0. The zero-order valence-electron chi connectivity index (χ0n) is 25.6. The van der Waals surface area contributed by atoms with Crippen molar-refractivity contribution in [1.29, 1.82) is 0 Å². The molecule has 0 aromatic heterocycles. The number of hydrogen-bond acceptors (Lipinski definition) is 4. The van der Waals surface area contributed by atoms with Crippen molar-refractivity contribution in [3.05, 3.63) is 70.2 Å². The Labute approximate surface area is 262 Å². The molecular weight excluding hydrogens is 562 g/mol. The molecule has 1 aliphatic carbocycles. The van der Waals surface area contributed by atoms with Gasteiger partial charge in [-0.1, -0.05) is 87.5 Å². The molecule has 2 amide bonds. The number of carbonyl (C=O) groups excluding carboxylic acids is 2. The van der Waals surface area contributed by atoms with Gasteiger partial charge in [0.25, 0.3) is 0 Å². The van der Waals surface area contributed by atoms with Crippen molar-refractivity contribution in [2.75, 3.05) is 18.8 Å². The molecule has 0 spiro atoms. The highest BCUT2D eigenvalue weighted by Crippen LogP contribution is 2.47. The number of thioether (sulfide) groups is 1. The Morgan fingerprint density at radius 3 is 2.26 bits per heavy atom. The maximum Gasteiger partial charge on any atom is 0.245 e. The van der Waals surface area contributed by atoms with Gasteiger partial charge in [0.2, 0.25) is 11.8 Å². The second-order valence-corrected chi connectivity index (χ2v) is 14.7. The molecule has 1 aliphatic heterocycles. The van der Waals surface area contributed by atoms with Gasteiger partial charge in [-0.3, -0.25) is 9.59 Å². The highest BCUT2D eigenvalue weighted by Gasteiger charge is 2.43. The molecule has 0 unspecified atom stereocenters. The molecule has 1 saturated heterocycles. The second kappa shape index (κ2) is 16.2. The average molecular weight is 612 g/mol. The van der Waals surface area contributed by atoms with E-state index in [0.29, 0.717) is 41.5 Å². The smallest absolute Gasteiger partial charge is 0.245 e. The van der Waals surface area contributed by atoms with E-state index in [1.54, 1.807) is 0 Å². The normalized spacial score (nSPS) is 18.5. The third-order valence-corrected chi connectivity index (χ3v) is 11.1. The van der Waals surface area contributed by atoms with Crippen LogP contribution in [0.2, 0.25) is 5.02 Å². The second-order valence-electron chi connectivity index (χ2n) is 12.7. The summed E-state index contributed by atoms with van der Waals surface area (Å²) in [4.78, 5) is 29.3. The first-order valence-electron chi connectivity index (χ1n) is 16.0. The molecule has 7 heteroatoms. The van der Waals surface area contributed by atoms with Gasteiger partial charge in [0, 0.05) is 37.5 Å². The largest absolute Gasteiger partial charge is 0.344 e. The molecule has 1 atom stereocenters. The zero-order chi connectivity index (χ0) is 30.0. The summed E-state index contributed by atoms with van der Waals surface area (Å²) in [5.41, 5.74) is 9.34. The van der Waals surface area contributed by atoms with Crippen LogP contribution in [-0.2, 0) is 29.0 Å². The summed E-state index contributed by atoms with van der Waals surface area (Å²) in [6.07, 6.45) is 11.5. The fourth-order valence-corrected chi connectivity index (χ4v) is 8.17. The van der Waals surface area contributed by atoms with Crippen LogP contribution in [0.25, 0.3) is 0 Å². The Morgan fingerprint density at radius 1 is 1.00 bits per heavy atom. The summed E-state index contributed by atoms with van der Waals surface area (Å²) >= 11 is 8.22. The maximum absolute atomic E-state index is 14.1. The molecule has 2 aromatic carbocycles. The number of likely N-dealkylation sites (tertiary alicyclic amines) is 1. The highest BCUT2D eigenvalue weighted by molar-refractivity contribution is 7.99. The van der Waals surface area contributed by atoms with E-state index in [4.69, 9.17) is 17.3 Å². The summed E-state index contributed by atoms with van der Waals surface area (Å²) in [5.74, 6) is 1.87. The van der Waals surface area contributed by atoms with E-state index in [1.807, 2.05) is 53.4 Å². The standard InChI is InChI=1S/C35H50ClN3O2S/c1-26(2)42-25-35(30-11-5-3-4-6-12-30)19-21-39(22-20-35)34(41)32(23-27-13-16-31(36)17-14-27)38-33(40)18-15-28-9-7-8-10-29(28)24-37/h7-10,13-14,16-17,26,30,32H,3-6,11-12,15,18-25,37H2,1-2H3,(H,38,40)/t32-/m1/s1. The predicted molar refractivity (Wildman–Crippen MR) is 177 cm³/mol. The van der Waals surface area contributed by atoms with Crippen LogP contribution >= 0.6 is 23.4 Å². The van der Waals surface area contributed by atoms with Gasteiger partial charge in [0.1, 0.15) is 6.04 Å². The predicted octanol–water partition coefficient (Wildman–Crippen LogP) is 7.18. The number of aryl methyl sites for hydroxylation is 1.